The number of carbonyl (C=O) groups excluding carboxylic acids is 1. The Hall–Kier alpha value is -2.29. The summed E-state index contributed by atoms with van der Waals surface area (Å²) >= 11 is 0. The number of anilines is 1. The van der Waals surface area contributed by atoms with Crippen LogP contribution in [0, 0.1) is 0 Å². The van der Waals surface area contributed by atoms with E-state index in [2.05, 4.69) is 19.7 Å². The zero-order valence-corrected chi connectivity index (χ0v) is 11.2. The number of amides is 1. The van der Waals surface area contributed by atoms with Crippen molar-refractivity contribution < 1.29 is 4.79 Å². The van der Waals surface area contributed by atoms with Crippen LogP contribution in [-0.4, -0.2) is 17.4 Å². The van der Waals surface area contributed by atoms with E-state index < -0.39 is 0 Å². The number of hydrogen-bond donors (Lipinski definition) is 0. The van der Waals surface area contributed by atoms with Gasteiger partial charge in [0.2, 0.25) is 5.91 Å². The third-order valence-corrected chi connectivity index (χ3v) is 2.78. The highest BCUT2D eigenvalue weighted by Crippen LogP contribution is 2.12. The smallest absolute Gasteiger partial charge is 0.226 e. The Morgan fingerprint density at radius 3 is 2.11 bits per heavy atom. The molecule has 1 aromatic rings. The molecule has 0 N–H and O–H groups in total. The Bertz CT molecular complexity index is 431. The summed E-state index contributed by atoms with van der Waals surface area (Å²) in [5.74, 6) is 0.208. The SMILES string of the molecule is C=CN(C=C)c1ccccc1.C=CN1CCCC1=O. The van der Waals surface area contributed by atoms with Gasteiger partial charge >= 0.3 is 0 Å². The number of benzene rings is 1. The van der Waals surface area contributed by atoms with Crippen molar-refractivity contribution in [1.82, 2.24) is 4.90 Å². The molecule has 1 fully saturated rings. The van der Waals surface area contributed by atoms with Gasteiger partial charge < -0.3 is 9.80 Å². The maximum absolute atomic E-state index is 10.7. The van der Waals surface area contributed by atoms with Gasteiger partial charge in [0.1, 0.15) is 0 Å². The summed E-state index contributed by atoms with van der Waals surface area (Å²) in [6.45, 7) is 11.7. The maximum atomic E-state index is 10.7. The van der Waals surface area contributed by atoms with Gasteiger partial charge in [0.25, 0.3) is 0 Å². The first-order chi connectivity index (χ1) is 9.22. The van der Waals surface area contributed by atoms with E-state index in [0.717, 1.165) is 18.7 Å². The molecule has 0 spiro atoms. The number of carbonyl (C=O) groups is 1. The molecular formula is C16H20N2O. The summed E-state index contributed by atoms with van der Waals surface area (Å²) in [6, 6.07) is 9.95. The van der Waals surface area contributed by atoms with E-state index in [4.69, 9.17) is 0 Å². The van der Waals surface area contributed by atoms with Crippen molar-refractivity contribution in [3.63, 3.8) is 0 Å². The molecule has 1 aliphatic heterocycles. The minimum absolute atomic E-state index is 0.208. The monoisotopic (exact) mass is 256 g/mol. The second kappa shape index (κ2) is 7.93. The van der Waals surface area contributed by atoms with Crippen molar-refractivity contribution >= 4 is 11.6 Å². The molecule has 0 radical (unpaired) electrons. The predicted octanol–water partition coefficient (Wildman–Crippen LogP) is 3.53. The van der Waals surface area contributed by atoms with Gasteiger partial charge in [-0.1, -0.05) is 37.9 Å². The predicted molar refractivity (Wildman–Crippen MR) is 80.5 cm³/mol. The van der Waals surface area contributed by atoms with Crippen LogP contribution in [0.15, 0.2) is 68.7 Å². The van der Waals surface area contributed by atoms with E-state index in [-0.39, 0.29) is 5.91 Å². The Balaban J connectivity index is 0.000000200. The molecular weight excluding hydrogens is 236 g/mol. The Labute approximate surface area is 115 Å². The first-order valence-corrected chi connectivity index (χ1v) is 6.23. The molecule has 1 heterocycles. The minimum atomic E-state index is 0.208. The van der Waals surface area contributed by atoms with Crippen molar-refractivity contribution in [3.8, 4) is 0 Å². The first-order valence-electron chi connectivity index (χ1n) is 6.23. The van der Waals surface area contributed by atoms with Gasteiger partial charge in [-0.15, -0.1) is 0 Å². The van der Waals surface area contributed by atoms with Gasteiger partial charge in [-0.2, -0.15) is 0 Å². The summed E-state index contributed by atoms with van der Waals surface area (Å²) in [7, 11) is 0. The molecule has 0 atom stereocenters. The van der Waals surface area contributed by atoms with Crippen LogP contribution in [0.2, 0.25) is 0 Å². The van der Waals surface area contributed by atoms with Crippen LogP contribution in [-0.2, 0) is 4.79 Å². The fraction of sp³-hybridized carbons (Fsp3) is 0.188. The third-order valence-electron chi connectivity index (χ3n) is 2.78. The molecule has 100 valence electrons. The van der Waals surface area contributed by atoms with Crippen molar-refractivity contribution in [3.05, 3.63) is 68.7 Å². The van der Waals surface area contributed by atoms with Crippen LogP contribution in [0.4, 0.5) is 5.69 Å². The Kier molecular flexibility index (Phi) is 6.16. The zero-order chi connectivity index (χ0) is 14.1. The third kappa shape index (κ3) is 4.47. The molecule has 19 heavy (non-hydrogen) atoms. The molecule has 0 bridgehead atoms. The van der Waals surface area contributed by atoms with Crippen LogP contribution in [0.3, 0.4) is 0 Å². The lowest BCUT2D eigenvalue weighted by molar-refractivity contribution is -0.125. The zero-order valence-electron chi connectivity index (χ0n) is 11.2. The Morgan fingerprint density at radius 2 is 1.74 bits per heavy atom. The number of likely N-dealkylation sites (tertiary alicyclic amines) is 1. The lowest BCUT2D eigenvalue weighted by atomic mass is 10.3. The van der Waals surface area contributed by atoms with E-state index >= 15 is 0 Å². The molecule has 1 saturated heterocycles. The average molecular weight is 256 g/mol. The van der Waals surface area contributed by atoms with Crippen LogP contribution < -0.4 is 4.90 Å². The van der Waals surface area contributed by atoms with Gasteiger partial charge in [0, 0.05) is 31.1 Å². The van der Waals surface area contributed by atoms with Crippen molar-refractivity contribution in [2.45, 2.75) is 12.8 Å². The van der Waals surface area contributed by atoms with Crippen molar-refractivity contribution in [2.24, 2.45) is 0 Å². The number of para-hydroxylation sites is 1. The van der Waals surface area contributed by atoms with Crippen molar-refractivity contribution in [2.75, 3.05) is 11.4 Å². The topological polar surface area (TPSA) is 23.6 Å². The van der Waals surface area contributed by atoms with Crippen LogP contribution in [0.5, 0.6) is 0 Å². The van der Waals surface area contributed by atoms with E-state index in [1.54, 1.807) is 23.5 Å². The number of nitrogens with zero attached hydrogens (tertiary/aromatic N) is 2. The number of rotatable bonds is 4. The van der Waals surface area contributed by atoms with E-state index in [1.807, 2.05) is 35.2 Å². The van der Waals surface area contributed by atoms with Gasteiger partial charge in [0.05, 0.1) is 0 Å². The largest absolute Gasteiger partial charge is 0.325 e. The molecule has 3 nitrogen and oxygen atoms in total. The molecule has 0 saturated carbocycles. The lowest BCUT2D eigenvalue weighted by Crippen LogP contribution is -2.16. The molecule has 0 unspecified atom stereocenters. The van der Waals surface area contributed by atoms with E-state index in [1.165, 1.54) is 0 Å². The second-order valence-corrected chi connectivity index (χ2v) is 3.98. The molecule has 0 aromatic heterocycles. The fourth-order valence-electron chi connectivity index (χ4n) is 1.75. The second-order valence-electron chi connectivity index (χ2n) is 3.98. The van der Waals surface area contributed by atoms with E-state index in [0.29, 0.717) is 6.42 Å². The highest BCUT2D eigenvalue weighted by Gasteiger charge is 2.15. The molecule has 2 rings (SSSR count). The molecule has 1 aliphatic rings. The standard InChI is InChI=1S/C10H11N.C6H9NO/c1-3-11(4-2)10-8-6-5-7-9-10;1-2-7-5-3-4-6(7)8/h3-9H,1-2H2;2H,1,3-5H2. The summed E-state index contributed by atoms with van der Waals surface area (Å²) < 4.78 is 0. The van der Waals surface area contributed by atoms with Gasteiger partial charge in [0.15, 0.2) is 0 Å². The summed E-state index contributed by atoms with van der Waals surface area (Å²) in [5.41, 5.74) is 1.08. The van der Waals surface area contributed by atoms with Crippen molar-refractivity contribution in [1.29, 1.82) is 0 Å². The van der Waals surface area contributed by atoms with Crippen LogP contribution >= 0.6 is 0 Å². The van der Waals surface area contributed by atoms with Gasteiger partial charge in [-0.3, -0.25) is 4.79 Å². The van der Waals surface area contributed by atoms with Crippen LogP contribution in [0.25, 0.3) is 0 Å². The summed E-state index contributed by atoms with van der Waals surface area (Å²) in [4.78, 5) is 14.2. The quantitative estimate of drug-likeness (QED) is 0.822. The summed E-state index contributed by atoms with van der Waals surface area (Å²) in [5, 5.41) is 0. The highest BCUT2D eigenvalue weighted by atomic mass is 16.2. The fourth-order valence-corrected chi connectivity index (χ4v) is 1.75. The van der Waals surface area contributed by atoms with Gasteiger partial charge in [-0.05, 0) is 24.8 Å². The Morgan fingerprint density at radius 1 is 1.11 bits per heavy atom. The van der Waals surface area contributed by atoms with E-state index in [9.17, 15) is 4.79 Å². The van der Waals surface area contributed by atoms with Gasteiger partial charge in [-0.25, -0.2) is 0 Å². The first kappa shape index (κ1) is 14.8. The average Bonchev–Trinajstić information content (AvgIpc) is 2.87. The molecule has 0 aliphatic carbocycles. The summed E-state index contributed by atoms with van der Waals surface area (Å²) in [6.07, 6.45) is 6.73. The lowest BCUT2D eigenvalue weighted by Gasteiger charge is -2.13. The molecule has 1 amide bonds. The molecule has 3 heteroatoms. The number of hydrogen-bond acceptors (Lipinski definition) is 2. The maximum Gasteiger partial charge on any atom is 0.226 e. The minimum Gasteiger partial charge on any atom is -0.325 e. The highest BCUT2D eigenvalue weighted by molar-refractivity contribution is 5.78. The van der Waals surface area contributed by atoms with Crippen LogP contribution in [0.1, 0.15) is 12.8 Å². The molecule has 1 aromatic carbocycles. The normalized spacial score (nSPS) is 13.3.